The van der Waals surface area contributed by atoms with Crippen LogP contribution >= 0.6 is 12.4 Å². The van der Waals surface area contributed by atoms with Gasteiger partial charge in [-0.1, -0.05) is 0 Å². The molecule has 37 valence electrons. The first-order valence-electron chi connectivity index (χ1n) is 1.05. The van der Waals surface area contributed by atoms with Crippen molar-refractivity contribution in [2.24, 2.45) is 5.73 Å². The summed E-state index contributed by atoms with van der Waals surface area (Å²) < 4.78 is 0. The molecule has 0 amide bonds. The molecule has 0 aliphatic heterocycles. The first-order valence-corrected chi connectivity index (χ1v) is 1.05. The number of halogens is 1. The van der Waals surface area contributed by atoms with E-state index in [2.05, 4.69) is 5.73 Å². The van der Waals surface area contributed by atoms with Gasteiger partial charge in [0.25, 0.3) is 0 Å². The highest BCUT2D eigenvalue weighted by molar-refractivity contribution is 5.85. The SMILES string of the molecule is Cl.N[CH]C(=O)O. The van der Waals surface area contributed by atoms with E-state index in [1.54, 1.807) is 0 Å². The summed E-state index contributed by atoms with van der Waals surface area (Å²) in [6.45, 7) is 0.583. The van der Waals surface area contributed by atoms with Gasteiger partial charge in [0.05, 0.1) is 0 Å². The second-order valence-corrected chi connectivity index (χ2v) is 0.505. The Morgan fingerprint density at radius 3 is 2.00 bits per heavy atom. The lowest BCUT2D eigenvalue weighted by Crippen LogP contribution is -2.02. The smallest absolute Gasteiger partial charge is 0.322 e. The number of rotatable bonds is 1. The topological polar surface area (TPSA) is 63.3 Å². The van der Waals surface area contributed by atoms with E-state index in [-0.39, 0.29) is 12.4 Å². The third kappa shape index (κ3) is 9.30. The van der Waals surface area contributed by atoms with Gasteiger partial charge in [-0.25, -0.2) is 0 Å². The van der Waals surface area contributed by atoms with Crippen molar-refractivity contribution in [3.8, 4) is 0 Å². The van der Waals surface area contributed by atoms with E-state index in [1.165, 1.54) is 0 Å². The second-order valence-electron chi connectivity index (χ2n) is 0.505. The summed E-state index contributed by atoms with van der Waals surface area (Å²) in [5, 5.41) is 7.54. The Morgan fingerprint density at radius 1 is 1.83 bits per heavy atom. The fourth-order valence-corrected chi connectivity index (χ4v) is 0. The maximum atomic E-state index is 9.19. The van der Waals surface area contributed by atoms with Gasteiger partial charge in [0, 0.05) is 0 Å². The van der Waals surface area contributed by atoms with Crippen LogP contribution < -0.4 is 5.73 Å². The molecule has 0 aromatic heterocycles. The molecule has 0 aromatic rings. The second kappa shape index (κ2) is 4.72. The van der Waals surface area contributed by atoms with Gasteiger partial charge in [-0.15, -0.1) is 12.4 Å². The van der Waals surface area contributed by atoms with Crippen LogP contribution in [-0.4, -0.2) is 11.1 Å². The molecule has 0 aromatic carbocycles. The lowest BCUT2D eigenvalue weighted by Gasteiger charge is -1.71. The molecule has 0 atom stereocenters. The summed E-state index contributed by atoms with van der Waals surface area (Å²) in [7, 11) is 0. The molecule has 0 aliphatic carbocycles. The van der Waals surface area contributed by atoms with Crippen LogP contribution in [0.15, 0.2) is 0 Å². The van der Waals surface area contributed by atoms with Gasteiger partial charge in [-0.2, -0.15) is 0 Å². The number of hydrogen-bond donors (Lipinski definition) is 2. The summed E-state index contributed by atoms with van der Waals surface area (Å²) >= 11 is 0. The minimum atomic E-state index is -1.09. The van der Waals surface area contributed by atoms with Gasteiger partial charge in [-0.3, -0.25) is 4.79 Å². The van der Waals surface area contributed by atoms with Crippen molar-refractivity contribution >= 4 is 18.4 Å². The van der Waals surface area contributed by atoms with Crippen LogP contribution in [0.2, 0.25) is 0 Å². The number of carboxylic acids is 1. The molecular weight excluding hydrogens is 105 g/mol. The molecule has 0 unspecified atom stereocenters. The third-order valence-corrected chi connectivity index (χ3v) is 0.143. The normalized spacial score (nSPS) is 6.17. The Labute approximate surface area is 41.6 Å². The Kier molecular flexibility index (Phi) is 7.24. The van der Waals surface area contributed by atoms with Crippen LogP contribution in [0.4, 0.5) is 0 Å². The molecule has 0 spiro atoms. The molecule has 0 saturated carbocycles. The molecular formula is C2H5ClNO2. The number of carbonyl (C=O) groups is 1. The first kappa shape index (κ1) is 9.21. The molecule has 1 radical (unpaired) electrons. The molecule has 3 nitrogen and oxygen atoms in total. The van der Waals surface area contributed by atoms with Crippen LogP contribution in [0.5, 0.6) is 0 Å². The van der Waals surface area contributed by atoms with Gasteiger partial charge in [-0.05, 0) is 0 Å². The van der Waals surface area contributed by atoms with Gasteiger partial charge < -0.3 is 10.8 Å². The lowest BCUT2D eigenvalue weighted by molar-refractivity contribution is -0.133. The van der Waals surface area contributed by atoms with Crippen molar-refractivity contribution in [2.45, 2.75) is 0 Å². The Bertz CT molecular complexity index is 46.8. The summed E-state index contributed by atoms with van der Waals surface area (Å²) in [6, 6.07) is 0. The third-order valence-electron chi connectivity index (χ3n) is 0.143. The fraction of sp³-hybridized carbons (Fsp3) is 0. The summed E-state index contributed by atoms with van der Waals surface area (Å²) in [5.41, 5.74) is 4.45. The Hall–Kier alpha value is -0.280. The average Bonchev–Trinajstić information content (AvgIpc) is 1.38. The highest BCUT2D eigenvalue weighted by atomic mass is 35.5. The van der Waals surface area contributed by atoms with Crippen LogP contribution in [0.25, 0.3) is 0 Å². The predicted molar refractivity (Wildman–Crippen MR) is 23.4 cm³/mol. The van der Waals surface area contributed by atoms with Gasteiger partial charge >= 0.3 is 5.97 Å². The quantitative estimate of drug-likeness (QED) is 0.483. The standard InChI is InChI=1S/C2H4NO2.ClH/c3-1-2(4)5;/h1H,3H2,(H,4,5);1H. The van der Waals surface area contributed by atoms with Crippen LogP contribution in [0.3, 0.4) is 0 Å². The monoisotopic (exact) mass is 110 g/mol. The predicted octanol–water partition coefficient (Wildman–Crippen LogP) is -0.387. The summed E-state index contributed by atoms with van der Waals surface area (Å²) in [6.07, 6.45) is 0. The molecule has 0 saturated heterocycles. The van der Waals surface area contributed by atoms with E-state index in [4.69, 9.17) is 5.11 Å². The van der Waals surface area contributed by atoms with Gasteiger partial charge in [0.1, 0.15) is 6.54 Å². The van der Waals surface area contributed by atoms with Gasteiger partial charge in [0.2, 0.25) is 0 Å². The summed E-state index contributed by atoms with van der Waals surface area (Å²) in [4.78, 5) is 9.19. The minimum Gasteiger partial charge on any atom is -0.480 e. The van der Waals surface area contributed by atoms with Crippen molar-refractivity contribution < 1.29 is 9.90 Å². The molecule has 0 fully saturated rings. The Morgan fingerprint density at radius 2 is 2.00 bits per heavy atom. The highest BCUT2D eigenvalue weighted by Gasteiger charge is 1.82. The first-order chi connectivity index (χ1) is 2.27. The average molecular weight is 111 g/mol. The van der Waals surface area contributed by atoms with Crippen LogP contribution in [0.1, 0.15) is 0 Å². The zero-order valence-corrected chi connectivity index (χ0v) is 3.73. The minimum absolute atomic E-state index is 0. The van der Waals surface area contributed by atoms with E-state index in [0.29, 0.717) is 6.54 Å². The molecule has 6 heavy (non-hydrogen) atoms. The van der Waals surface area contributed by atoms with Crippen molar-refractivity contribution in [3.05, 3.63) is 6.54 Å². The van der Waals surface area contributed by atoms with Crippen molar-refractivity contribution in [2.75, 3.05) is 0 Å². The number of nitrogens with two attached hydrogens (primary N) is 1. The maximum Gasteiger partial charge on any atom is 0.322 e. The zero-order valence-electron chi connectivity index (χ0n) is 2.92. The number of aliphatic carboxylic acids is 1. The van der Waals surface area contributed by atoms with E-state index < -0.39 is 5.97 Å². The lowest BCUT2D eigenvalue weighted by atomic mass is 10.7. The molecule has 0 rings (SSSR count). The fourth-order valence-electron chi connectivity index (χ4n) is 0. The van der Waals surface area contributed by atoms with Crippen molar-refractivity contribution in [1.82, 2.24) is 0 Å². The van der Waals surface area contributed by atoms with E-state index in [1.807, 2.05) is 0 Å². The van der Waals surface area contributed by atoms with Crippen LogP contribution in [-0.2, 0) is 4.79 Å². The van der Waals surface area contributed by atoms with Crippen molar-refractivity contribution in [1.29, 1.82) is 0 Å². The molecule has 0 bridgehead atoms. The van der Waals surface area contributed by atoms with E-state index in [0.717, 1.165) is 0 Å². The van der Waals surface area contributed by atoms with E-state index >= 15 is 0 Å². The molecule has 0 aliphatic rings. The van der Waals surface area contributed by atoms with Gasteiger partial charge in [0.15, 0.2) is 0 Å². The van der Waals surface area contributed by atoms with Crippen molar-refractivity contribution in [3.63, 3.8) is 0 Å². The molecule has 4 heteroatoms. The largest absolute Gasteiger partial charge is 0.480 e. The molecule has 0 heterocycles. The number of hydrogen-bond acceptors (Lipinski definition) is 2. The molecule has 3 N–H and O–H groups in total. The zero-order chi connectivity index (χ0) is 4.28. The maximum absolute atomic E-state index is 9.19. The Balaban J connectivity index is 0. The summed E-state index contributed by atoms with van der Waals surface area (Å²) in [5.74, 6) is -1.09. The number of carboxylic acid groups (broad SMARTS) is 1. The van der Waals surface area contributed by atoms with Crippen LogP contribution in [0, 0.1) is 6.54 Å². The highest BCUT2D eigenvalue weighted by Crippen LogP contribution is 1.53. The van der Waals surface area contributed by atoms with E-state index in [9.17, 15) is 4.79 Å².